The van der Waals surface area contributed by atoms with Crippen LogP contribution in [0, 0.1) is 6.92 Å². The summed E-state index contributed by atoms with van der Waals surface area (Å²) in [5, 5.41) is 1.56. The van der Waals surface area contributed by atoms with Gasteiger partial charge in [0, 0.05) is 29.7 Å². The number of likely N-dealkylation sites (tertiary alicyclic amines) is 1. The van der Waals surface area contributed by atoms with Crippen molar-refractivity contribution in [3.05, 3.63) is 34.5 Å². The normalized spacial score (nSPS) is 15.1. The summed E-state index contributed by atoms with van der Waals surface area (Å²) < 4.78 is 0. The SMILES string of the molecule is Cc1cc2cc(C(=O)N3CCC3)c(Cl)cc2[nH]1. The Morgan fingerprint density at radius 2 is 2.12 bits per heavy atom. The van der Waals surface area contributed by atoms with Crippen molar-refractivity contribution < 1.29 is 4.79 Å². The highest BCUT2D eigenvalue weighted by Gasteiger charge is 2.23. The predicted molar refractivity (Wildman–Crippen MR) is 68.6 cm³/mol. The van der Waals surface area contributed by atoms with Gasteiger partial charge in [0.1, 0.15) is 0 Å². The van der Waals surface area contributed by atoms with E-state index in [0.717, 1.165) is 36.1 Å². The number of hydrogen-bond acceptors (Lipinski definition) is 1. The molecule has 3 nitrogen and oxygen atoms in total. The Bertz CT molecular complexity index is 599. The van der Waals surface area contributed by atoms with E-state index >= 15 is 0 Å². The van der Waals surface area contributed by atoms with E-state index in [9.17, 15) is 4.79 Å². The van der Waals surface area contributed by atoms with Gasteiger partial charge in [0.2, 0.25) is 0 Å². The van der Waals surface area contributed by atoms with Crippen molar-refractivity contribution in [1.82, 2.24) is 9.88 Å². The van der Waals surface area contributed by atoms with Crippen molar-refractivity contribution in [1.29, 1.82) is 0 Å². The second-order valence-corrected chi connectivity index (χ2v) is 4.92. The Labute approximate surface area is 104 Å². The van der Waals surface area contributed by atoms with Gasteiger partial charge in [-0.2, -0.15) is 0 Å². The number of fused-ring (bicyclic) bond motifs is 1. The van der Waals surface area contributed by atoms with E-state index in [4.69, 9.17) is 11.6 Å². The first-order chi connectivity index (χ1) is 8.15. The molecule has 1 amide bonds. The Balaban J connectivity index is 2.08. The van der Waals surface area contributed by atoms with E-state index in [1.54, 1.807) is 0 Å². The smallest absolute Gasteiger partial charge is 0.255 e. The van der Waals surface area contributed by atoms with Crippen LogP contribution in [0.2, 0.25) is 5.02 Å². The summed E-state index contributed by atoms with van der Waals surface area (Å²) in [6, 6.07) is 5.73. The fourth-order valence-corrected chi connectivity index (χ4v) is 2.40. The Hall–Kier alpha value is -1.48. The van der Waals surface area contributed by atoms with Crippen molar-refractivity contribution >= 4 is 28.4 Å². The highest BCUT2D eigenvalue weighted by molar-refractivity contribution is 6.34. The highest BCUT2D eigenvalue weighted by atomic mass is 35.5. The fraction of sp³-hybridized carbons (Fsp3) is 0.308. The fourth-order valence-electron chi connectivity index (χ4n) is 2.15. The van der Waals surface area contributed by atoms with E-state index in [1.807, 2.05) is 30.0 Å². The summed E-state index contributed by atoms with van der Waals surface area (Å²) >= 11 is 6.16. The average molecular weight is 249 g/mol. The molecule has 0 saturated carbocycles. The lowest BCUT2D eigenvalue weighted by atomic mass is 10.1. The van der Waals surface area contributed by atoms with E-state index in [-0.39, 0.29) is 5.91 Å². The van der Waals surface area contributed by atoms with Crippen molar-refractivity contribution in [3.63, 3.8) is 0 Å². The Morgan fingerprint density at radius 1 is 1.35 bits per heavy atom. The summed E-state index contributed by atoms with van der Waals surface area (Å²) in [5.74, 6) is 0.0435. The van der Waals surface area contributed by atoms with Gasteiger partial charge in [-0.3, -0.25) is 4.79 Å². The zero-order valence-electron chi connectivity index (χ0n) is 9.59. The molecule has 1 aromatic heterocycles. The van der Waals surface area contributed by atoms with Crippen LogP contribution < -0.4 is 0 Å². The number of H-pyrrole nitrogens is 1. The topological polar surface area (TPSA) is 36.1 Å². The first-order valence-corrected chi connectivity index (χ1v) is 6.11. The molecule has 3 rings (SSSR count). The number of nitrogens with one attached hydrogen (secondary N) is 1. The number of rotatable bonds is 1. The number of aromatic nitrogens is 1. The maximum Gasteiger partial charge on any atom is 0.255 e. The molecule has 1 aromatic carbocycles. The van der Waals surface area contributed by atoms with Crippen molar-refractivity contribution in [2.45, 2.75) is 13.3 Å². The number of aryl methyl sites for hydroxylation is 1. The van der Waals surface area contributed by atoms with Gasteiger partial charge in [0.15, 0.2) is 0 Å². The lowest BCUT2D eigenvalue weighted by Crippen LogP contribution is -2.42. The standard InChI is InChI=1S/C13H13ClN2O/c1-8-5-9-6-10(11(14)7-12(9)15-8)13(17)16-3-2-4-16/h5-7,15H,2-4H2,1H3. The molecule has 2 heterocycles. The lowest BCUT2D eigenvalue weighted by molar-refractivity contribution is 0.0652. The molecule has 4 heteroatoms. The molecule has 0 spiro atoms. The van der Waals surface area contributed by atoms with Crippen LogP contribution in [0.15, 0.2) is 18.2 Å². The van der Waals surface area contributed by atoms with Crippen LogP contribution in [-0.4, -0.2) is 28.9 Å². The van der Waals surface area contributed by atoms with E-state index in [2.05, 4.69) is 4.98 Å². The molecule has 88 valence electrons. The molecule has 0 unspecified atom stereocenters. The van der Waals surface area contributed by atoms with Crippen molar-refractivity contribution in [3.8, 4) is 0 Å². The number of carbonyl (C=O) groups is 1. The molecule has 0 radical (unpaired) electrons. The van der Waals surface area contributed by atoms with Gasteiger partial charge in [-0.15, -0.1) is 0 Å². The first kappa shape index (κ1) is 10.7. The lowest BCUT2D eigenvalue weighted by Gasteiger charge is -2.31. The van der Waals surface area contributed by atoms with Crippen LogP contribution in [-0.2, 0) is 0 Å². The second-order valence-electron chi connectivity index (χ2n) is 4.52. The highest BCUT2D eigenvalue weighted by Crippen LogP contribution is 2.26. The first-order valence-electron chi connectivity index (χ1n) is 5.73. The number of halogens is 1. The third-order valence-corrected chi connectivity index (χ3v) is 3.53. The summed E-state index contributed by atoms with van der Waals surface area (Å²) in [6.07, 6.45) is 1.09. The van der Waals surface area contributed by atoms with Gasteiger partial charge in [0.05, 0.1) is 10.6 Å². The average Bonchev–Trinajstić information content (AvgIpc) is 2.53. The Kier molecular flexibility index (Phi) is 2.37. The van der Waals surface area contributed by atoms with Gasteiger partial charge in [0.25, 0.3) is 5.91 Å². The zero-order valence-corrected chi connectivity index (χ0v) is 10.3. The number of amides is 1. The summed E-state index contributed by atoms with van der Waals surface area (Å²) in [7, 11) is 0. The van der Waals surface area contributed by atoms with Gasteiger partial charge >= 0.3 is 0 Å². The van der Waals surface area contributed by atoms with Gasteiger partial charge in [-0.05, 0) is 31.5 Å². The van der Waals surface area contributed by atoms with Gasteiger partial charge < -0.3 is 9.88 Å². The van der Waals surface area contributed by atoms with Crippen LogP contribution in [0.4, 0.5) is 0 Å². The molecule has 1 aliphatic rings. The monoisotopic (exact) mass is 248 g/mol. The molecule has 1 aliphatic heterocycles. The minimum absolute atomic E-state index is 0.0435. The van der Waals surface area contributed by atoms with Crippen molar-refractivity contribution in [2.24, 2.45) is 0 Å². The van der Waals surface area contributed by atoms with Crippen LogP contribution in [0.5, 0.6) is 0 Å². The van der Waals surface area contributed by atoms with Crippen molar-refractivity contribution in [2.75, 3.05) is 13.1 Å². The molecule has 1 N–H and O–H groups in total. The molecule has 0 bridgehead atoms. The number of nitrogens with zero attached hydrogens (tertiary/aromatic N) is 1. The maximum absolute atomic E-state index is 12.1. The third-order valence-electron chi connectivity index (χ3n) is 3.22. The molecule has 17 heavy (non-hydrogen) atoms. The van der Waals surface area contributed by atoms with Crippen LogP contribution in [0.3, 0.4) is 0 Å². The molecule has 1 fully saturated rings. The van der Waals surface area contributed by atoms with E-state index < -0.39 is 0 Å². The third kappa shape index (κ3) is 1.71. The molecule has 2 aromatic rings. The summed E-state index contributed by atoms with van der Waals surface area (Å²) in [6.45, 7) is 3.68. The quantitative estimate of drug-likeness (QED) is 0.828. The molecule has 1 saturated heterocycles. The van der Waals surface area contributed by atoms with E-state index in [1.165, 1.54) is 0 Å². The minimum atomic E-state index is 0.0435. The van der Waals surface area contributed by atoms with Crippen LogP contribution in [0.25, 0.3) is 10.9 Å². The molecule has 0 aliphatic carbocycles. The summed E-state index contributed by atoms with van der Waals surface area (Å²) in [5.41, 5.74) is 2.66. The summed E-state index contributed by atoms with van der Waals surface area (Å²) in [4.78, 5) is 17.2. The van der Waals surface area contributed by atoms with Gasteiger partial charge in [-0.25, -0.2) is 0 Å². The molecular weight excluding hydrogens is 236 g/mol. The van der Waals surface area contributed by atoms with Crippen LogP contribution in [0.1, 0.15) is 22.5 Å². The van der Waals surface area contributed by atoms with Crippen LogP contribution >= 0.6 is 11.6 Å². The van der Waals surface area contributed by atoms with Gasteiger partial charge in [-0.1, -0.05) is 11.6 Å². The number of aromatic amines is 1. The predicted octanol–water partition coefficient (Wildman–Crippen LogP) is 2.98. The zero-order chi connectivity index (χ0) is 12.0. The number of benzene rings is 1. The number of carbonyl (C=O) groups excluding carboxylic acids is 1. The molecular formula is C13H13ClN2O. The largest absolute Gasteiger partial charge is 0.359 e. The molecule has 0 atom stereocenters. The second kappa shape index (κ2) is 3.77. The maximum atomic E-state index is 12.1. The number of hydrogen-bond donors (Lipinski definition) is 1. The minimum Gasteiger partial charge on any atom is -0.359 e. The Morgan fingerprint density at radius 3 is 2.76 bits per heavy atom. The van der Waals surface area contributed by atoms with E-state index in [0.29, 0.717) is 10.6 Å².